The Hall–Kier alpha value is -3.09. The Balaban J connectivity index is 1.75. The van der Waals surface area contributed by atoms with Gasteiger partial charge >= 0.3 is 5.97 Å². The molecule has 2 aromatic carbocycles. The van der Waals surface area contributed by atoms with E-state index in [0.717, 1.165) is 42.0 Å². The summed E-state index contributed by atoms with van der Waals surface area (Å²) in [4.78, 5) is 13.7. The van der Waals surface area contributed by atoms with E-state index in [2.05, 4.69) is 58.1 Å². The molecule has 1 N–H and O–H groups in total. The molecule has 1 aliphatic heterocycles. The Morgan fingerprint density at radius 3 is 2.15 bits per heavy atom. The Morgan fingerprint density at radius 2 is 1.65 bits per heavy atom. The molecule has 1 fully saturated rings. The summed E-state index contributed by atoms with van der Waals surface area (Å²) in [5.74, 6) is 0.647. The molecule has 1 saturated heterocycles. The Kier molecular flexibility index (Phi) is 7.70. The molecule has 3 aromatic rings. The van der Waals surface area contributed by atoms with Crippen molar-refractivity contribution in [2.75, 3.05) is 33.9 Å². The van der Waals surface area contributed by atoms with Gasteiger partial charge in [0.15, 0.2) is 0 Å². The molecular weight excluding hydrogens is 446 g/mol. The number of methoxy groups -OCH3 is 2. The van der Waals surface area contributed by atoms with Crippen LogP contribution in [0.2, 0.25) is 0 Å². The molecule has 0 saturated carbocycles. The van der Waals surface area contributed by atoms with E-state index in [1.54, 1.807) is 25.6 Å². The summed E-state index contributed by atoms with van der Waals surface area (Å²) in [6.07, 6.45) is 6.13. The van der Waals surface area contributed by atoms with E-state index in [9.17, 15) is 9.90 Å². The lowest BCUT2D eigenvalue weighted by Crippen LogP contribution is -2.38. The van der Waals surface area contributed by atoms with Crippen LogP contribution in [-0.4, -0.2) is 49.8 Å². The van der Waals surface area contributed by atoms with Gasteiger partial charge in [0.1, 0.15) is 11.5 Å². The summed E-state index contributed by atoms with van der Waals surface area (Å²) in [6, 6.07) is 18.6. The van der Waals surface area contributed by atoms with Crippen molar-refractivity contribution < 1.29 is 19.4 Å². The SMILES string of the molecule is COc1ccc(C(/C=C/CN2CCCC(C(=O)O)C2)(c2ccc(OC)cc2)c2ccsc2)cc1. The van der Waals surface area contributed by atoms with E-state index in [1.165, 1.54) is 5.56 Å². The molecule has 34 heavy (non-hydrogen) atoms. The van der Waals surface area contributed by atoms with Crippen LogP contribution in [0.15, 0.2) is 77.5 Å². The summed E-state index contributed by atoms with van der Waals surface area (Å²) in [5.41, 5.74) is 2.96. The first-order valence-electron chi connectivity index (χ1n) is 11.5. The lowest BCUT2D eigenvalue weighted by molar-refractivity contribution is -0.143. The summed E-state index contributed by atoms with van der Waals surface area (Å²) in [7, 11) is 3.35. The number of carbonyl (C=O) groups is 1. The Bertz CT molecular complexity index is 1040. The standard InChI is InChI=1S/C28H31NO4S/c1-32-25-10-6-22(7-11-25)28(24-14-18-34-20-24,23-8-12-26(33-2)13-9-23)15-4-17-29-16-3-5-21(19-29)27(30)31/h4,6-15,18,20-21H,3,5,16-17,19H2,1-2H3,(H,30,31)/b15-4+. The first-order valence-corrected chi connectivity index (χ1v) is 12.5. The highest BCUT2D eigenvalue weighted by molar-refractivity contribution is 7.08. The third kappa shape index (κ3) is 5.03. The molecule has 1 atom stereocenters. The highest BCUT2D eigenvalue weighted by Gasteiger charge is 2.34. The second kappa shape index (κ2) is 10.9. The van der Waals surface area contributed by atoms with Crippen molar-refractivity contribution in [3.63, 3.8) is 0 Å². The third-order valence-corrected chi connectivity index (χ3v) is 7.34. The van der Waals surface area contributed by atoms with E-state index < -0.39 is 11.4 Å². The predicted octanol–water partition coefficient (Wildman–Crippen LogP) is 5.45. The van der Waals surface area contributed by atoms with E-state index in [4.69, 9.17) is 9.47 Å². The number of allylic oxidation sites excluding steroid dienone is 1. The predicted molar refractivity (Wildman–Crippen MR) is 136 cm³/mol. The second-order valence-corrected chi connectivity index (χ2v) is 9.40. The molecule has 0 amide bonds. The number of carboxylic acid groups (broad SMARTS) is 1. The fraction of sp³-hybridized carbons (Fsp3) is 0.321. The van der Waals surface area contributed by atoms with E-state index >= 15 is 0 Å². The van der Waals surface area contributed by atoms with Crippen LogP contribution in [0.5, 0.6) is 11.5 Å². The van der Waals surface area contributed by atoms with Crippen LogP contribution in [0.3, 0.4) is 0 Å². The van der Waals surface area contributed by atoms with Crippen molar-refractivity contribution in [1.29, 1.82) is 0 Å². The summed E-state index contributed by atoms with van der Waals surface area (Å²) >= 11 is 1.68. The molecule has 1 aliphatic rings. The van der Waals surface area contributed by atoms with Gasteiger partial charge in [-0.15, -0.1) is 0 Å². The first kappa shape index (κ1) is 24.0. The fourth-order valence-corrected chi connectivity index (χ4v) is 5.50. The maximum Gasteiger partial charge on any atom is 0.307 e. The number of thiophene rings is 1. The van der Waals surface area contributed by atoms with Crippen LogP contribution in [-0.2, 0) is 10.2 Å². The number of carboxylic acids is 1. The summed E-state index contributed by atoms with van der Waals surface area (Å²) in [5, 5.41) is 13.8. The minimum absolute atomic E-state index is 0.285. The van der Waals surface area contributed by atoms with Crippen LogP contribution < -0.4 is 9.47 Å². The van der Waals surface area contributed by atoms with Gasteiger partial charge in [0.05, 0.1) is 25.6 Å². The van der Waals surface area contributed by atoms with Crippen LogP contribution in [0.25, 0.3) is 0 Å². The lowest BCUT2D eigenvalue weighted by atomic mass is 9.70. The number of hydrogen-bond donors (Lipinski definition) is 1. The molecule has 4 rings (SSSR count). The van der Waals surface area contributed by atoms with E-state index in [-0.39, 0.29) is 5.92 Å². The van der Waals surface area contributed by atoms with Crippen LogP contribution in [0.1, 0.15) is 29.5 Å². The van der Waals surface area contributed by atoms with Gasteiger partial charge in [0.2, 0.25) is 0 Å². The smallest absolute Gasteiger partial charge is 0.307 e. The molecule has 1 unspecified atom stereocenters. The number of hydrogen-bond acceptors (Lipinski definition) is 5. The average Bonchev–Trinajstić information content (AvgIpc) is 3.42. The zero-order chi connectivity index (χ0) is 24.0. The number of aliphatic carboxylic acids is 1. The molecule has 0 radical (unpaired) electrons. The van der Waals surface area contributed by atoms with Crippen LogP contribution >= 0.6 is 11.3 Å². The van der Waals surface area contributed by atoms with Crippen molar-refractivity contribution in [2.45, 2.75) is 18.3 Å². The Morgan fingerprint density at radius 1 is 1.03 bits per heavy atom. The van der Waals surface area contributed by atoms with Crippen molar-refractivity contribution in [2.24, 2.45) is 5.92 Å². The average molecular weight is 478 g/mol. The lowest BCUT2D eigenvalue weighted by Gasteiger charge is -2.33. The number of rotatable bonds is 9. The zero-order valence-corrected chi connectivity index (χ0v) is 20.5. The molecule has 0 bridgehead atoms. The van der Waals surface area contributed by atoms with Gasteiger partial charge in [0.25, 0.3) is 0 Å². The normalized spacial score (nSPS) is 17.1. The molecule has 5 nitrogen and oxygen atoms in total. The van der Waals surface area contributed by atoms with E-state index in [0.29, 0.717) is 13.1 Å². The molecule has 0 aliphatic carbocycles. The minimum atomic E-state index is -0.697. The molecule has 1 aromatic heterocycles. The van der Waals surface area contributed by atoms with Crippen LogP contribution in [0.4, 0.5) is 0 Å². The maximum atomic E-state index is 11.5. The van der Waals surface area contributed by atoms with Gasteiger partial charge in [-0.05, 0) is 77.2 Å². The topological polar surface area (TPSA) is 59.0 Å². The quantitative estimate of drug-likeness (QED) is 0.415. The highest BCUT2D eigenvalue weighted by Crippen LogP contribution is 2.42. The second-order valence-electron chi connectivity index (χ2n) is 8.62. The van der Waals surface area contributed by atoms with Crippen LogP contribution in [0, 0.1) is 5.92 Å². The number of ether oxygens (including phenoxy) is 2. The summed E-state index contributed by atoms with van der Waals surface area (Å²) < 4.78 is 10.8. The van der Waals surface area contributed by atoms with Crippen molar-refractivity contribution in [1.82, 2.24) is 4.90 Å². The van der Waals surface area contributed by atoms with Gasteiger partial charge in [-0.3, -0.25) is 9.69 Å². The van der Waals surface area contributed by atoms with Gasteiger partial charge in [0, 0.05) is 13.1 Å². The fourth-order valence-electron chi connectivity index (χ4n) is 4.79. The monoisotopic (exact) mass is 477 g/mol. The number of piperidine rings is 1. The number of likely N-dealkylation sites (tertiary alicyclic amines) is 1. The molecule has 178 valence electrons. The molecular formula is C28H31NO4S. The van der Waals surface area contributed by atoms with Crippen molar-refractivity contribution in [3.05, 3.63) is 94.2 Å². The van der Waals surface area contributed by atoms with Crippen molar-refractivity contribution in [3.8, 4) is 11.5 Å². The molecule has 0 spiro atoms. The van der Waals surface area contributed by atoms with E-state index in [1.807, 2.05) is 24.3 Å². The van der Waals surface area contributed by atoms with Gasteiger partial charge in [-0.2, -0.15) is 11.3 Å². The number of nitrogens with zero attached hydrogens (tertiary/aromatic N) is 1. The molecule has 2 heterocycles. The van der Waals surface area contributed by atoms with Gasteiger partial charge in [-0.1, -0.05) is 36.4 Å². The van der Waals surface area contributed by atoms with Gasteiger partial charge in [-0.25, -0.2) is 0 Å². The Labute approximate surface area is 205 Å². The minimum Gasteiger partial charge on any atom is -0.497 e. The third-order valence-electron chi connectivity index (χ3n) is 6.65. The highest BCUT2D eigenvalue weighted by atomic mass is 32.1. The summed E-state index contributed by atoms with van der Waals surface area (Å²) in [6.45, 7) is 2.23. The number of benzene rings is 2. The molecule has 6 heteroatoms. The van der Waals surface area contributed by atoms with Crippen molar-refractivity contribution >= 4 is 17.3 Å². The largest absolute Gasteiger partial charge is 0.497 e. The maximum absolute atomic E-state index is 11.5. The first-order chi connectivity index (χ1) is 16.6. The zero-order valence-electron chi connectivity index (χ0n) is 19.6. The van der Waals surface area contributed by atoms with Gasteiger partial charge < -0.3 is 14.6 Å².